The van der Waals surface area contributed by atoms with Crippen LogP contribution in [0.5, 0.6) is 0 Å². The summed E-state index contributed by atoms with van der Waals surface area (Å²) in [5.41, 5.74) is 4.26. The largest absolute Gasteiger partial charge is 0.465 e. The minimum absolute atomic E-state index is 0. The molecule has 0 amide bonds. The lowest BCUT2D eigenvalue weighted by Gasteiger charge is -2.04. The number of fused-ring (bicyclic) bond motifs is 3. The van der Waals surface area contributed by atoms with Crippen molar-refractivity contribution in [3.63, 3.8) is 0 Å². The van der Waals surface area contributed by atoms with Crippen LogP contribution in [0.15, 0.2) is 30.6 Å². The normalized spacial score (nSPS) is 10.6. The van der Waals surface area contributed by atoms with Gasteiger partial charge in [0, 0.05) is 18.8 Å². The number of halogens is 2. The van der Waals surface area contributed by atoms with Crippen molar-refractivity contribution in [1.29, 1.82) is 0 Å². The molecule has 1 aliphatic carbocycles. The predicted molar refractivity (Wildman–Crippen MR) is 76.1 cm³/mol. The maximum absolute atomic E-state index is 11.7. The van der Waals surface area contributed by atoms with Gasteiger partial charge in [-0.25, -0.2) is 4.79 Å². The van der Waals surface area contributed by atoms with Crippen LogP contribution < -0.4 is 0 Å². The Labute approximate surface area is 123 Å². The molecule has 1 aliphatic rings. The van der Waals surface area contributed by atoms with Crippen LogP contribution >= 0.6 is 24.8 Å². The van der Waals surface area contributed by atoms with E-state index in [2.05, 4.69) is 9.97 Å². The summed E-state index contributed by atoms with van der Waals surface area (Å²) < 4.78 is 4.77. The van der Waals surface area contributed by atoms with E-state index in [4.69, 9.17) is 4.74 Å². The number of methoxy groups -OCH3 is 1. The van der Waals surface area contributed by atoms with E-state index < -0.39 is 0 Å². The van der Waals surface area contributed by atoms with E-state index in [1.165, 1.54) is 7.11 Å². The van der Waals surface area contributed by atoms with Crippen LogP contribution in [0.4, 0.5) is 0 Å². The highest BCUT2D eigenvalue weighted by Crippen LogP contribution is 2.34. The summed E-state index contributed by atoms with van der Waals surface area (Å²) in [5.74, 6) is -0.323. The molecular weight excluding hydrogens is 287 g/mol. The van der Waals surface area contributed by atoms with Crippen molar-refractivity contribution >= 4 is 30.8 Å². The topological polar surface area (TPSA) is 52.1 Å². The van der Waals surface area contributed by atoms with Crippen molar-refractivity contribution < 1.29 is 9.53 Å². The van der Waals surface area contributed by atoms with E-state index in [9.17, 15) is 4.79 Å². The number of hydrogen-bond acceptors (Lipinski definition) is 4. The molecule has 2 aromatic rings. The van der Waals surface area contributed by atoms with Crippen molar-refractivity contribution in [3.8, 4) is 11.4 Å². The van der Waals surface area contributed by atoms with Gasteiger partial charge < -0.3 is 4.74 Å². The number of aromatic nitrogens is 2. The molecule has 0 atom stereocenters. The molecule has 0 saturated heterocycles. The number of rotatable bonds is 1. The molecule has 19 heavy (non-hydrogen) atoms. The number of pyridine rings is 2. The van der Waals surface area contributed by atoms with E-state index in [0.29, 0.717) is 12.0 Å². The zero-order valence-corrected chi connectivity index (χ0v) is 11.8. The molecule has 100 valence electrons. The molecule has 0 unspecified atom stereocenters. The zero-order chi connectivity index (χ0) is 11.8. The SMILES string of the molecule is COC(=O)c1ccnc2c1Cc1cccnc1-2.Cl.Cl. The minimum Gasteiger partial charge on any atom is -0.465 e. The predicted octanol–water partition coefficient (Wildman–Crippen LogP) is 2.68. The second-order valence-corrected chi connectivity index (χ2v) is 3.87. The lowest BCUT2D eigenvalue weighted by molar-refractivity contribution is 0.0599. The van der Waals surface area contributed by atoms with E-state index in [-0.39, 0.29) is 30.8 Å². The van der Waals surface area contributed by atoms with Gasteiger partial charge in [0.2, 0.25) is 0 Å². The number of ether oxygens (including phenoxy) is 1. The van der Waals surface area contributed by atoms with Gasteiger partial charge in [0.05, 0.1) is 24.1 Å². The van der Waals surface area contributed by atoms with Crippen LogP contribution in [0.25, 0.3) is 11.4 Å². The molecule has 3 rings (SSSR count). The van der Waals surface area contributed by atoms with E-state index in [0.717, 1.165) is 22.5 Å². The molecule has 2 heterocycles. The highest BCUT2D eigenvalue weighted by atomic mass is 35.5. The van der Waals surface area contributed by atoms with Crippen molar-refractivity contribution in [1.82, 2.24) is 9.97 Å². The van der Waals surface area contributed by atoms with Crippen LogP contribution in [0, 0.1) is 0 Å². The fourth-order valence-corrected chi connectivity index (χ4v) is 2.16. The molecule has 2 aromatic heterocycles. The van der Waals surface area contributed by atoms with Gasteiger partial charge in [-0.1, -0.05) is 6.07 Å². The fourth-order valence-electron chi connectivity index (χ4n) is 2.16. The molecular formula is C13H12Cl2N2O2. The van der Waals surface area contributed by atoms with Crippen LogP contribution in [-0.2, 0) is 11.2 Å². The summed E-state index contributed by atoms with van der Waals surface area (Å²) in [4.78, 5) is 20.3. The second kappa shape index (κ2) is 5.99. The van der Waals surface area contributed by atoms with Gasteiger partial charge >= 0.3 is 5.97 Å². The highest BCUT2D eigenvalue weighted by molar-refractivity contribution is 5.94. The quantitative estimate of drug-likeness (QED) is 0.648. The van der Waals surface area contributed by atoms with Crippen LogP contribution in [0.3, 0.4) is 0 Å². The standard InChI is InChI=1S/C13H10N2O2.2ClH/c1-17-13(16)9-4-6-15-12-10(9)7-8-3-2-5-14-11(8)12;;/h2-6H,7H2,1H3;2*1H. The smallest absolute Gasteiger partial charge is 0.338 e. The average molecular weight is 299 g/mol. The molecule has 0 N–H and O–H groups in total. The zero-order valence-electron chi connectivity index (χ0n) is 10.1. The molecule has 0 aromatic carbocycles. The van der Waals surface area contributed by atoms with Crippen molar-refractivity contribution in [2.45, 2.75) is 6.42 Å². The van der Waals surface area contributed by atoms with Crippen molar-refractivity contribution in [2.75, 3.05) is 7.11 Å². The molecule has 6 heteroatoms. The lowest BCUT2D eigenvalue weighted by Crippen LogP contribution is -2.05. The Hall–Kier alpha value is -1.65. The number of nitrogens with zero attached hydrogens (tertiary/aromatic N) is 2. The second-order valence-electron chi connectivity index (χ2n) is 3.87. The van der Waals surface area contributed by atoms with Gasteiger partial charge in [0.15, 0.2) is 0 Å². The Bertz CT molecular complexity index is 617. The van der Waals surface area contributed by atoms with Gasteiger partial charge in [0.25, 0.3) is 0 Å². The van der Waals surface area contributed by atoms with Crippen LogP contribution in [-0.4, -0.2) is 23.0 Å². The summed E-state index contributed by atoms with van der Waals surface area (Å²) in [6.45, 7) is 0. The molecule has 0 aliphatic heterocycles. The number of esters is 1. The van der Waals surface area contributed by atoms with E-state index >= 15 is 0 Å². The van der Waals surface area contributed by atoms with Gasteiger partial charge in [0.1, 0.15) is 0 Å². The number of hydrogen-bond donors (Lipinski definition) is 0. The summed E-state index contributed by atoms with van der Waals surface area (Å²) in [7, 11) is 1.38. The monoisotopic (exact) mass is 298 g/mol. The molecule has 0 fully saturated rings. The lowest BCUT2D eigenvalue weighted by atomic mass is 10.1. The molecule has 0 radical (unpaired) electrons. The van der Waals surface area contributed by atoms with Gasteiger partial charge in [-0.05, 0) is 23.3 Å². The molecule has 0 spiro atoms. The maximum atomic E-state index is 11.7. The number of carbonyl (C=O) groups excluding carboxylic acids is 1. The van der Waals surface area contributed by atoms with Crippen LogP contribution in [0.2, 0.25) is 0 Å². The first kappa shape index (κ1) is 15.4. The van der Waals surface area contributed by atoms with Crippen molar-refractivity contribution in [3.05, 3.63) is 47.3 Å². The number of carbonyl (C=O) groups is 1. The summed E-state index contributed by atoms with van der Waals surface area (Å²) in [6, 6.07) is 5.59. The third-order valence-corrected chi connectivity index (χ3v) is 2.94. The molecule has 0 saturated carbocycles. The summed E-state index contributed by atoms with van der Waals surface area (Å²) in [5, 5.41) is 0. The molecule has 4 nitrogen and oxygen atoms in total. The minimum atomic E-state index is -0.323. The van der Waals surface area contributed by atoms with Gasteiger partial charge in [-0.2, -0.15) is 0 Å². The van der Waals surface area contributed by atoms with Gasteiger partial charge in [-0.15, -0.1) is 24.8 Å². The van der Waals surface area contributed by atoms with Crippen LogP contribution in [0.1, 0.15) is 21.5 Å². The Morgan fingerprint density at radius 1 is 1.16 bits per heavy atom. The Balaban J connectivity index is 0.000000902. The molecule has 0 bridgehead atoms. The van der Waals surface area contributed by atoms with E-state index in [1.54, 1.807) is 18.5 Å². The third kappa shape index (κ3) is 2.41. The Kier molecular flexibility index (Phi) is 4.86. The average Bonchev–Trinajstić information content (AvgIpc) is 2.76. The van der Waals surface area contributed by atoms with Gasteiger partial charge in [-0.3, -0.25) is 9.97 Å². The first-order chi connectivity index (χ1) is 8.31. The first-order valence-corrected chi connectivity index (χ1v) is 5.31. The van der Waals surface area contributed by atoms with E-state index in [1.807, 2.05) is 12.1 Å². The summed E-state index contributed by atoms with van der Waals surface area (Å²) in [6.07, 6.45) is 4.05. The highest BCUT2D eigenvalue weighted by Gasteiger charge is 2.25. The third-order valence-electron chi connectivity index (χ3n) is 2.94. The Morgan fingerprint density at radius 2 is 1.89 bits per heavy atom. The first-order valence-electron chi connectivity index (χ1n) is 5.31. The Morgan fingerprint density at radius 3 is 2.63 bits per heavy atom. The fraction of sp³-hybridized carbons (Fsp3) is 0.154. The van der Waals surface area contributed by atoms with Crippen molar-refractivity contribution in [2.24, 2.45) is 0 Å². The summed E-state index contributed by atoms with van der Waals surface area (Å²) >= 11 is 0. The maximum Gasteiger partial charge on any atom is 0.338 e.